The molecule has 0 aliphatic rings. The number of phenols is 1. The molecule has 0 heterocycles. The molecule has 0 aromatic heterocycles. The molecule has 0 aliphatic heterocycles. The Labute approximate surface area is 115 Å². The minimum atomic E-state index is -0.559. The molecule has 4 nitrogen and oxygen atoms in total. The van der Waals surface area contributed by atoms with E-state index in [1.165, 1.54) is 19.1 Å². The lowest BCUT2D eigenvalue weighted by Gasteiger charge is -2.07. The number of benzene rings is 1. The van der Waals surface area contributed by atoms with Crippen LogP contribution in [0.2, 0.25) is 0 Å². The van der Waals surface area contributed by atoms with Gasteiger partial charge in [-0.25, -0.2) is 9.18 Å². The standard InChI is InChI=1S/C13H15ClFNO3/c1-9(17)19-16-12(4-2-3-7-14)11-6-5-10(15)8-13(11)18/h5-6,8,18H,2-4,7H2,1H3/b16-12+. The zero-order valence-electron chi connectivity index (χ0n) is 10.5. The second-order valence-electron chi connectivity index (χ2n) is 3.93. The molecular formula is C13H15ClFNO3. The van der Waals surface area contributed by atoms with E-state index in [9.17, 15) is 14.3 Å². The maximum atomic E-state index is 12.9. The zero-order chi connectivity index (χ0) is 14.3. The molecule has 0 unspecified atom stereocenters. The Morgan fingerprint density at radius 3 is 2.79 bits per heavy atom. The summed E-state index contributed by atoms with van der Waals surface area (Å²) in [7, 11) is 0. The largest absolute Gasteiger partial charge is 0.507 e. The number of hydrogen-bond donors (Lipinski definition) is 1. The van der Waals surface area contributed by atoms with Crippen molar-refractivity contribution in [3.05, 3.63) is 29.6 Å². The molecule has 1 rings (SSSR count). The molecule has 0 atom stereocenters. The van der Waals surface area contributed by atoms with Gasteiger partial charge in [0, 0.05) is 24.4 Å². The number of phenolic OH excluding ortho intramolecular Hbond substituents is 1. The Hall–Kier alpha value is -1.62. The number of unbranched alkanes of at least 4 members (excludes halogenated alkanes) is 1. The SMILES string of the molecule is CC(=O)O/N=C(\CCCCCl)c1ccc(F)cc1O. The van der Waals surface area contributed by atoms with Crippen LogP contribution in [0.15, 0.2) is 23.4 Å². The van der Waals surface area contributed by atoms with Gasteiger partial charge < -0.3 is 9.94 Å². The number of carbonyl (C=O) groups is 1. The lowest BCUT2D eigenvalue weighted by molar-refractivity contribution is -0.140. The topological polar surface area (TPSA) is 58.9 Å². The summed E-state index contributed by atoms with van der Waals surface area (Å²) in [5, 5.41) is 13.4. The van der Waals surface area contributed by atoms with Gasteiger partial charge >= 0.3 is 5.97 Å². The molecule has 6 heteroatoms. The quantitative estimate of drug-likeness (QED) is 0.287. The minimum absolute atomic E-state index is 0.239. The number of carbonyl (C=O) groups excluding carboxylic acids is 1. The molecule has 0 fully saturated rings. The van der Waals surface area contributed by atoms with Gasteiger partial charge in [0.2, 0.25) is 0 Å². The van der Waals surface area contributed by atoms with Crippen LogP contribution in [0, 0.1) is 5.82 Å². The van der Waals surface area contributed by atoms with Crippen molar-refractivity contribution < 1.29 is 19.1 Å². The van der Waals surface area contributed by atoms with Crippen molar-refractivity contribution in [3.8, 4) is 5.75 Å². The fourth-order valence-corrected chi connectivity index (χ4v) is 1.67. The number of oxime groups is 1. The summed E-state index contributed by atoms with van der Waals surface area (Å²) in [6, 6.07) is 3.59. The summed E-state index contributed by atoms with van der Waals surface area (Å²) in [5.41, 5.74) is 0.732. The first-order valence-electron chi connectivity index (χ1n) is 5.84. The highest BCUT2D eigenvalue weighted by atomic mass is 35.5. The van der Waals surface area contributed by atoms with Gasteiger partial charge in [0.1, 0.15) is 11.6 Å². The van der Waals surface area contributed by atoms with E-state index in [4.69, 9.17) is 11.6 Å². The molecule has 104 valence electrons. The first-order valence-corrected chi connectivity index (χ1v) is 6.37. The molecule has 0 bridgehead atoms. The third-order valence-electron chi connectivity index (χ3n) is 2.35. The second kappa shape index (κ2) is 7.74. The van der Waals surface area contributed by atoms with Crippen molar-refractivity contribution >= 4 is 23.3 Å². The van der Waals surface area contributed by atoms with Crippen molar-refractivity contribution in [2.45, 2.75) is 26.2 Å². The lowest BCUT2D eigenvalue weighted by atomic mass is 10.0. The summed E-state index contributed by atoms with van der Waals surface area (Å²) in [4.78, 5) is 15.4. The van der Waals surface area contributed by atoms with Gasteiger partial charge in [-0.3, -0.25) is 0 Å². The average Bonchev–Trinajstić information content (AvgIpc) is 2.34. The predicted molar refractivity (Wildman–Crippen MR) is 70.9 cm³/mol. The Balaban J connectivity index is 2.93. The number of rotatable bonds is 6. The first-order chi connectivity index (χ1) is 9.04. The molecule has 1 N–H and O–H groups in total. The Kier molecular flexibility index (Phi) is 6.29. The van der Waals surface area contributed by atoms with Crippen LogP contribution >= 0.6 is 11.6 Å². The van der Waals surface area contributed by atoms with Gasteiger partial charge in [0.25, 0.3) is 0 Å². The maximum Gasteiger partial charge on any atom is 0.331 e. The van der Waals surface area contributed by atoms with Crippen molar-refractivity contribution in [3.63, 3.8) is 0 Å². The van der Waals surface area contributed by atoms with Gasteiger partial charge in [-0.1, -0.05) is 5.16 Å². The van der Waals surface area contributed by atoms with Crippen LogP contribution in [-0.4, -0.2) is 22.7 Å². The number of halogens is 2. The number of aromatic hydroxyl groups is 1. The van der Waals surface area contributed by atoms with Gasteiger partial charge in [0.15, 0.2) is 0 Å². The average molecular weight is 288 g/mol. The fraction of sp³-hybridized carbons (Fsp3) is 0.385. The maximum absolute atomic E-state index is 12.9. The van der Waals surface area contributed by atoms with Crippen molar-refractivity contribution in [2.75, 3.05) is 5.88 Å². The van der Waals surface area contributed by atoms with E-state index in [1.807, 2.05) is 0 Å². The summed E-state index contributed by atoms with van der Waals surface area (Å²) in [5.74, 6) is -0.835. The highest BCUT2D eigenvalue weighted by molar-refractivity contribution is 6.17. The number of hydrogen-bond acceptors (Lipinski definition) is 4. The van der Waals surface area contributed by atoms with Gasteiger partial charge in [-0.2, -0.15) is 0 Å². The summed E-state index contributed by atoms with van der Waals surface area (Å²) >= 11 is 5.59. The molecule has 0 amide bonds. The van der Waals surface area contributed by atoms with Gasteiger partial charge in [0.05, 0.1) is 5.71 Å². The predicted octanol–water partition coefficient (Wildman–Crippen LogP) is 3.21. The molecule has 1 aromatic carbocycles. The monoisotopic (exact) mass is 287 g/mol. The van der Waals surface area contributed by atoms with E-state index >= 15 is 0 Å². The smallest absolute Gasteiger partial charge is 0.331 e. The van der Waals surface area contributed by atoms with Gasteiger partial charge in [-0.05, 0) is 31.4 Å². The van der Waals surface area contributed by atoms with Crippen LogP contribution < -0.4 is 0 Å². The van der Waals surface area contributed by atoms with E-state index in [2.05, 4.69) is 9.99 Å². The third-order valence-corrected chi connectivity index (χ3v) is 2.62. The molecule has 0 spiro atoms. The van der Waals surface area contributed by atoms with Crippen molar-refractivity contribution in [1.82, 2.24) is 0 Å². The molecule has 0 radical (unpaired) electrons. The highest BCUT2D eigenvalue weighted by Gasteiger charge is 2.11. The van der Waals surface area contributed by atoms with E-state index in [0.29, 0.717) is 23.6 Å². The van der Waals surface area contributed by atoms with Gasteiger partial charge in [-0.15, -0.1) is 11.6 Å². The van der Waals surface area contributed by atoms with Crippen LogP contribution in [0.4, 0.5) is 4.39 Å². The molecular weight excluding hydrogens is 273 g/mol. The Morgan fingerprint density at radius 1 is 1.47 bits per heavy atom. The van der Waals surface area contributed by atoms with Crippen molar-refractivity contribution in [1.29, 1.82) is 0 Å². The zero-order valence-corrected chi connectivity index (χ0v) is 11.3. The van der Waals surface area contributed by atoms with E-state index in [0.717, 1.165) is 18.9 Å². The van der Waals surface area contributed by atoms with Crippen LogP contribution in [-0.2, 0) is 9.63 Å². The first kappa shape index (κ1) is 15.4. The fourth-order valence-electron chi connectivity index (χ4n) is 1.48. The number of alkyl halides is 1. The molecule has 19 heavy (non-hydrogen) atoms. The van der Waals surface area contributed by atoms with Crippen LogP contribution in [0.5, 0.6) is 5.75 Å². The molecule has 0 saturated carbocycles. The second-order valence-corrected chi connectivity index (χ2v) is 4.31. The summed E-state index contributed by atoms with van der Waals surface area (Å²) in [6.45, 7) is 1.23. The van der Waals surface area contributed by atoms with Crippen LogP contribution in [0.1, 0.15) is 31.7 Å². The highest BCUT2D eigenvalue weighted by Crippen LogP contribution is 2.21. The van der Waals surface area contributed by atoms with Crippen molar-refractivity contribution in [2.24, 2.45) is 5.16 Å². The van der Waals surface area contributed by atoms with E-state index in [1.54, 1.807) is 0 Å². The van der Waals surface area contributed by atoms with E-state index < -0.39 is 11.8 Å². The van der Waals surface area contributed by atoms with Crippen LogP contribution in [0.25, 0.3) is 0 Å². The minimum Gasteiger partial charge on any atom is -0.507 e. The summed E-state index contributed by atoms with van der Waals surface area (Å²) in [6.07, 6.45) is 1.96. The molecule has 0 aliphatic carbocycles. The third kappa shape index (κ3) is 5.26. The Bertz CT molecular complexity index is 477. The molecule has 1 aromatic rings. The lowest BCUT2D eigenvalue weighted by Crippen LogP contribution is -2.05. The Morgan fingerprint density at radius 2 is 2.21 bits per heavy atom. The van der Waals surface area contributed by atoms with Crippen LogP contribution in [0.3, 0.4) is 0 Å². The molecule has 0 saturated heterocycles. The number of nitrogens with zero attached hydrogens (tertiary/aromatic N) is 1. The normalized spacial score (nSPS) is 11.4. The van der Waals surface area contributed by atoms with E-state index in [-0.39, 0.29) is 5.75 Å². The summed E-state index contributed by atoms with van der Waals surface area (Å²) < 4.78 is 12.9.